The van der Waals surface area contributed by atoms with Gasteiger partial charge < -0.3 is 19.2 Å². The molecule has 0 unspecified atom stereocenters. The van der Waals surface area contributed by atoms with Crippen LogP contribution in [-0.4, -0.2) is 31.2 Å². The normalized spacial score (nSPS) is 11.4. The Kier molecular flexibility index (Phi) is 7.12. The quantitative estimate of drug-likeness (QED) is 0.242. The van der Waals surface area contributed by atoms with Crippen LogP contribution in [0.4, 0.5) is 5.69 Å². The van der Waals surface area contributed by atoms with Gasteiger partial charge in [-0.2, -0.15) is 5.10 Å². The lowest BCUT2D eigenvalue weighted by Crippen LogP contribution is -2.26. The SMILES string of the molecule is COc1cc2c(cc1NC(=O)C/C(C)=N/NC(=O)COc1ccc(Br)cc1)oc1ccccc12. The van der Waals surface area contributed by atoms with Crippen molar-refractivity contribution in [1.29, 1.82) is 0 Å². The third-order valence-corrected chi connectivity index (χ3v) is 5.47. The Labute approximate surface area is 204 Å². The average molecular weight is 524 g/mol. The van der Waals surface area contributed by atoms with Gasteiger partial charge in [0.15, 0.2) is 6.61 Å². The van der Waals surface area contributed by atoms with Crippen LogP contribution < -0.4 is 20.2 Å². The first-order valence-electron chi connectivity index (χ1n) is 10.4. The molecule has 4 rings (SSSR count). The second-order valence-corrected chi connectivity index (χ2v) is 8.41. The number of ether oxygens (including phenoxy) is 2. The lowest BCUT2D eigenvalue weighted by atomic mass is 10.1. The maximum absolute atomic E-state index is 12.6. The fourth-order valence-corrected chi connectivity index (χ4v) is 3.62. The molecule has 9 heteroatoms. The highest BCUT2D eigenvalue weighted by atomic mass is 79.9. The lowest BCUT2D eigenvalue weighted by molar-refractivity contribution is -0.123. The molecular weight excluding hydrogens is 502 g/mol. The third-order valence-electron chi connectivity index (χ3n) is 4.94. The van der Waals surface area contributed by atoms with Gasteiger partial charge in [0.2, 0.25) is 5.91 Å². The molecule has 0 spiro atoms. The zero-order valence-corrected chi connectivity index (χ0v) is 20.1. The molecule has 0 aliphatic rings. The second-order valence-electron chi connectivity index (χ2n) is 7.50. The van der Waals surface area contributed by atoms with Crippen LogP contribution in [0.2, 0.25) is 0 Å². The van der Waals surface area contributed by atoms with Crippen molar-refractivity contribution in [3.8, 4) is 11.5 Å². The monoisotopic (exact) mass is 523 g/mol. The molecule has 2 N–H and O–H groups in total. The predicted molar refractivity (Wildman–Crippen MR) is 134 cm³/mol. The molecule has 3 aromatic carbocycles. The zero-order valence-electron chi connectivity index (χ0n) is 18.6. The molecule has 1 aromatic heterocycles. The third kappa shape index (κ3) is 5.55. The summed E-state index contributed by atoms with van der Waals surface area (Å²) in [4.78, 5) is 24.5. The molecule has 1 heterocycles. The first-order chi connectivity index (χ1) is 16.4. The molecule has 0 saturated carbocycles. The van der Waals surface area contributed by atoms with Crippen LogP contribution in [0.15, 0.2) is 74.7 Å². The fraction of sp³-hybridized carbons (Fsp3) is 0.160. The molecule has 0 bridgehead atoms. The van der Waals surface area contributed by atoms with Crippen molar-refractivity contribution in [3.63, 3.8) is 0 Å². The van der Waals surface area contributed by atoms with Crippen LogP contribution in [0.5, 0.6) is 11.5 Å². The largest absolute Gasteiger partial charge is 0.495 e. The van der Waals surface area contributed by atoms with Crippen molar-refractivity contribution in [1.82, 2.24) is 5.43 Å². The number of nitrogens with zero attached hydrogens (tertiary/aromatic N) is 1. The van der Waals surface area contributed by atoms with E-state index in [4.69, 9.17) is 13.9 Å². The Bertz CT molecular complexity index is 1380. The van der Waals surface area contributed by atoms with Gasteiger partial charge in [-0.15, -0.1) is 0 Å². The van der Waals surface area contributed by atoms with Crippen molar-refractivity contribution in [2.45, 2.75) is 13.3 Å². The number of halogens is 1. The minimum absolute atomic E-state index is 0.0187. The highest BCUT2D eigenvalue weighted by molar-refractivity contribution is 9.10. The number of rotatable bonds is 8. The minimum atomic E-state index is -0.431. The molecule has 0 atom stereocenters. The van der Waals surface area contributed by atoms with E-state index >= 15 is 0 Å². The van der Waals surface area contributed by atoms with Crippen molar-refractivity contribution >= 4 is 61.1 Å². The lowest BCUT2D eigenvalue weighted by Gasteiger charge is -2.10. The summed E-state index contributed by atoms with van der Waals surface area (Å²) in [6, 6.07) is 18.4. The Morgan fingerprint density at radius 2 is 1.76 bits per heavy atom. The van der Waals surface area contributed by atoms with Gasteiger partial charge in [0.25, 0.3) is 5.91 Å². The van der Waals surface area contributed by atoms with Crippen LogP contribution in [-0.2, 0) is 9.59 Å². The number of nitrogens with one attached hydrogen (secondary N) is 2. The number of hydrogen-bond acceptors (Lipinski definition) is 6. The van der Waals surface area contributed by atoms with Gasteiger partial charge in [-0.1, -0.05) is 34.1 Å². The van der Waals surface area contributed by atoms with Crippen LogP contribution in [0.3, 0.4) is 0 Å². The molecule has 0 aliphatic heterocycles. The van der Waals surface area contributed by atoms with Gasteiger partial charge in [-0.3, -0.25) is 9.59 Å². The molecule has 4 aromatic rings. The summed E-state index contributed by atoms with van der Waals surface area (Å²) in [7, 11) is 1.54. The van der Waals surface area contributed by atoms with Gasteiger partial charge in [0.1, 0.15) is 22.7 Å². The van der Waals surface area contributed by atoms with Crippen LogP contribution in [0.25, 0.3) is 21.9 Å². The molecular formula is C25H22BrN3O5. The molecule has 2 amide bonds. The Hall–Kier alpha value is -3.85. The Morgan fingerprint density at radius 3 is 2.53 bits per heavy atom. The first kappa shape index (κ1) is 23.3. The van der Waals surface area contributed by atoms with E-state index in [9.17, 15) is 9.59 Å². The number of furan rings is 1. The number of amides is 2. The van der Waals surface area contributed by atoms with Crippen molar-refractivity contribution in [2.75, 3.05) is 19.0 Å². The highest BCUT2D eigenvalue weighted by Gasteiger charge is 2.14. The highest BCUT2D eigenvalue weighted by Crippen LogP contribution is 2.36. The van der Waals surface area contributed by atoms with Crippen LogP contribution in [0.1, 0.15) is 13.3 Å². The van der Waals surface area contributed by atoms with Crippen molar-refractivity contribution in [2.24, 2.45) is 5.10 Å². The molecule has 8 nitrogen and oxygen atoms in total. The maximum Gasteiger partial charge on any atom is 0.277 e. The van der Waals surface area contributed by atoms with E-state index in [2.05, 4.69) is 31.8 Å². The van der Waals surface area contributed by atoms with E-state index in [0.717, 1.165) is 20.8 Å². The number of anilines is 1. The zero-order chi connectivity index (χ0) is 24.1. The Morgan fingerprint density at radius 1 is 1.00 bits per heavy atom. The molecule has 0 radical (unpaired) electrons. The van der Waals surface area contributed by atoms with Gasteiger partial charge in [-0.05, 0) is 43.3 Å². The predicted octanol–water partition coefficient (Wildman–Crippen LogP) is 5.26. The van der Waals surface area contributed by atoms with E-state index in [-0.39, 0.29) is 18.9 Å². The maximum atomic E-state index is 12.6. The van der Waals surface area contributed by atoms with Gasteiger partial charge >= 0.3 is 0 Å². The summed E-state index contributed by atoms with van der Waals surface area (Å²) in [5, 5.41) is 8.66. The van der Waals surface area contributed by atoms with E-state index in [1.54, 1.807) is 25.1 Å². The molecule has 174 valence electrons. The van der Waals surface area contributed by atoms with E-state index < -0.39 is 5.91 Å². The van der Waals surface area contributed by atoms with Crippen molar-refractivity contribution < 1.29 is 23.5 Å². The first-order valence-corrected chi connectivity index (χ1v) is 11.2. The summed E-state index contributed by atoms with van der Waals surface area (Å²) < 4.78 is 17.7. The number of fused-ring (bicyclic) bond motifs is 3. The average Bonchev–Trinajstić information content (AvgIpc) is 3.19. The summed E-state index contributed by atoms with van der Waals surface area (Å²) in [6.07, 6.45) is -0.0187. The summed E-state index contributed by atoms with van der Waals surface area (Å²) in [5.74, 6) is 0.337. The fourth-order valence-electron chi connectivity index (χ4n) is 3.35. The molecule has 0 saturated heterocycles. The van der Waals surface area contributed by atoms with Crippen LogP contribution in [0, 0.1) is 0 Å². The molecule has 34 heavy (non-hydrogen) atoms. The van der Waals surface area contributed by atoms with E-state index in [1.807, 2.05) is 42.5 Å². The summed E-state index contributed by atoms with van der Waals surface area (Å²) >= 11 is 3.34. The van der Waals surface area contributed by atoms with Gasteiger partial charge in [0, 0.05) is 27.0 Å². The summed E-state index contributed by atoms with van der Waals surface area (Å²) in [6.45, 7) is 1.45. The standard InChI is InChI=1S/C25H22BrN3O5/c1-15(28-29-25(31)14-33-17-9-7-16(26)8-10-17)11-24(30)27-20-13-22-19(12-23(20)32-2)18-5-3-4-6-21(18)34-22/h3-10,12-13H,11,14H2,1-2H3,(H,27,30)(H,29,31)/b28-15+. The van der Waals surface area contributed by atoms with E-state index in [1.165, 1.54) is 7.11 Å². The number of hydrazone groups is 1. The van der Waals surface area contributed by atoms with E-state index in [0.29, 0.717) is 28.5 Å². The van der Waals surface area contributed by atoms with Crippen molar-refractivity contribution in [3.05, 3.63) is 65.1 Å². The number of carbonyl (C=O) groups excluding carboxylic acids is 2. The van der Waals surface area contributed by atoms with Gasteiger partial charge in [0.05, 0.1) is 19.2 Å². The number of methoxy groups -OCH3 is 1. The van der Waals surface area contributed by atoms with Crippen LogP contribution >= 0.6 is 15.9 Å². The summed E-state index contributed by atoms with van der Waals surface area (Å²) in [5.41, 5.74) is 4.70. The van der Waals surface area contributed by atoms with Gasteiger partial charge in [-0.25, -0.2) is 5.43 Å². The molecule has 0 fully saturated rings. The number of benzene rings is 3. The second kappa shape index (κ2) is 10.4. The minimum Gasteiger partial charge on any atom is -0.495 e. The Balaban J connectivity index is 1.35. The number of carbonyl (C=O) groups is 2. The smallest absolute Gasteiger partial charge is 0.277 e. The molecule has 0 aliphatic carbocycles. The topological polar surface area (TPSA) is 102 Å². The number of para-hydroxylation sites is 1. The number of hydrogen-bond donors (Lipinski definition) is 2.